The Bertz CT molecular complexity index is 854. The van der Waals surface area contributed by atoms with Crippen LogP contribution in [0.3, 0.4) is 0 Å². The average Bonchev–Trinajstić information content (AvgIpc) is 2.76. The molecule has 152 valence electrons. The van der Waals surface area contributed by atoms with Gasteiger partial charge in [-0.25, -0.2) is 0 Å². The summed E-state index contributed by atoms with van der Waals surface area (Å²) in [7, 11) is 1.57. The number of hydrogen-bond donors (Lipinski definition) is 1. The fraction of sp³-hybridized carbons (Fsp3) is 0.333. The summed E-state index contributed by atoms with van der Waals surface area (Å²) in [6, 6.07) is 17.2. The molecular weight excluding hydrogens is 364 g/mol. The Hall–Kier alpha value is -3.26. The summed E-state index contributed by atoms with van der Waals surface area (Å²) in [4.78, 5) is 12.3. The number of ether oxygens (including phenoxy) is 2. The Balaban J connectivity index is 1.99. The molecular formula is C24H28N2O3. The number of nitrogens with zero attached hydrogens (tertiary/aromatic N) is 1. The van der Waals surface area contributed by atoms with E-state index in [0.717, 1.165) is 24.8 Å². The van der Waals surface area contributed by atoms with E-state index in [9.17, 15) is 10.1 Å². The molecule has 0 atom stereocenters. The largest absolute Gasteiger partial charge is 0.493 e. The molecule has 0 fully saturated rings. The monoisotopic (exact) mass is 392 g/mol. The van der Waals surface area contributed by atoms with E-state index in [-0.39, 0.29) is 11.5 Å². The molecule has 2 aromatic rings. The lowest BCUT2D eigenvalue weighted by atomic mass is 10.1. The maximum atomic E-state index is 12.3. The molecule has 5 nitrogen and oxygen atoms in total. The second-order valence-electron chi connectivity index (χ2n) is 6.63. The lowest BCUT2D eigenvalue weighted by molar-refractivity contribution is -0.117. The third-order valence-corrected chi connectivity index (χ3v) is 4.41. The molecule has 0 spiro atoms. The summed E-state index contributed by atoms with van der Waals surface area (Å²) >= 11 is 0. The van der Waals surface area contributed by atoms with E-state index in [1.807, 2.05) is 42.5 Å². The summed E-state index contributed by atoms with van der Waals surface area (Å²) in [6.45, 7) is 3.24. The first-order valence-corrected chi connectivity index (χ1v) is 9.92. The maximum Gasteiger partial charge on any atom is 0.261 e. The van der Waals surface area contributed by atoms with Crippen molar-refractivity contribution in [3.8, 4) is 17.6 Å². The van der Waals surface area contributed by atoms with Gasteiger partial charge in [-0.15, -0.1) is 0 Å². The average molecular weight is 392 g/mol. The lowest BCUT2D eigenvalue weighted by Gasteiger charge is -2.11. The van der Waals surface area contributed by atoms with Gasteiger partial charge < -0.3 is 14.8 Å². The van der Waals surface area contributed by atoms with Gasteiger partial charge in [0.2, 0.25) is 0 Å². The molecule has 1 amide bonds. The fourth-order valence-electron chi connectivity index (χ4n) is 2.80. The second-order valence-corrected chi connectivity index (χ2v) is 6.63. The van der Waals surface area contributed by atoms with Gasteiger partial charge in [0.25, 0.3) is 5.91 Å². The molecule has 5 heteroatoms. The highest BCUT2D eigenvalue weighted by Crippen LogP contribution is 2.29. The van der Waals surface area contributed by atoms with Crippen LogP contribution >= 0.6 is 0 Å². The van der Waals surface area contributed by atoms with Gasteiger partial charge in [0.1, 0.15) is 11.6 Å². The van der Waals surface area contributed by atoms with Gasteiger partial charge in [0, 0.05) is 6.54 Å². The van der Waals surface area contributed by atoms with Crippen molar-refractivity contribution in [3.05, 3.63) is 65.2 Å². The van der Waals surface area contributed by atoms with Crippen LogP contribution in [-0.2, 0) is 11.2 Å². The van der Waals surface area contributed by atoms with Gasteiger partial charge in [0.05, 0.1) is 13.7 Å². The summed E-state index contributed by atoms with van der Waals surface area (Å²) in [6.07, 6.45) is 5.51. The summed E-state index contributed by atoms with van der Waals surface area (Å²) in [5.74, 6) is 0.853. The third-order valence-electron chi connectivity index (χ3n) is 4.41. The Morgan fingerprint density at radius 1 is 1.14 bits per heavy atom. The molecule has 0 radical (unpaired) electrons. The van der Waals surface area contributed by atoms with Gasteiger partial charge >= 0.3 is 0 Å². The van der Waals surface area contributed by atoms with E-state index in [1.54, 1.807) is 25.3 Å². The zero-order valence-corrected chi connectivity index (χ0v) is 17.1. The predicted molar refractivity (Wildman–Crippen MR) is 115 cm³/mol. The van der Waals surface area contributed by atoms with Crippen molar-refractivity contribution in [2.45, 2.75) is 32.6 Å². The number of benzene rings is 2. The van der Waals surface area contributed by atoms with Gasteiger partial charge in [-0.3, -0.25) is 4.79 Å². The minimum Gasteiger partial charge on any atom is -0.493 e. The minimum absolute atomic E-state index is 0.0525. The van der Waals surface area contributed by atoms with Crippen molar-refractivity contribution < 1.29 is 14.3 Å². The van der Waals surface area contributed by atoms with Crippen LogP contribution in [0, 0.1) is 11.3 Å². The second kappa shape index (κ2) is 12.2. The molecule has 0 aliphatic rings. The smallest absolute Gasteiger partial charge is 0.261 e. The van der Waals surface area contributed by atoms with Crippen molar-refractivity contribution in [1.29, 1.82) is 5.26 Å². The summed E-state index contributed by atoms with van der Waals surface area (Å²) in [5.41, 5.74) is 1.89. The Kier molecular flexibility index (Phi) is 9.31. The van der Waals surface area contributed by atoms with Gasteiger partial charge in [-0.05, 0) is 42.2 Å². The van der Waals surface area contributed by atoms with Crippen LogP contribution in [0.5, 0.6) is 11.5 Å². The highest BCUT2D eigenvalue weighted by molar-refractivity contribution is 6.01. The molecule has 0 aromatic heterocycles. The quantitative estimate of drug-likeness (QED) is 0.346. The summed E-state index contributed by atoms with van der Waals surface area (Å²) in [5, 5.41) is 12.2. The van der Waals surface area contributed by atoms with Crippen LogP contribution in [0.4, 0.5) is 0 Å². The van der Waals surface area contributed by atoms with Crippen molar-refractivity contribution in [2.24, 2.45) is 0 Å². The van der Waals surface area contributed by atoms with Crippen LogP contribution in [0.15, 0.2) is 54.1 Å². The predicted octanol–water partition coefficient (Wildman–Crippen LogP) is 4.53. The molecule has 0 bridgehead atoms. The maximum absolute atomic E-state index is 12.3. The van der Waals surface area contributed by atoms with Crippen LogP contribution in [0.1, 0.15) is 37.3 Å². The van der Waals surface area contributed by atoms with Crippen molar-refractivity contribution in [3.63, 3.8) is 0 Å². The van der Waals surface area contributed by atoms with E-state index in [0.29, 0.717) is 36.6 Å². The van der Waals surface area contributed by atoms with Crippen LogP contribution in [0.25, 0.3) is 6.08 Å². The Morgan fingerprint density at radius 3 is 2.62 bits per heavy atom. The molecule has 0 saturated carbocycles. The molecule has 0 unspecified atom stereocenters. The number of hydrogen-bond acceptors (Lipinski definition) is 4. The zero-order chi connectivity index (χ0) is 20.9. The molecule has 0 aliphatic carbocycles. The highest BCUT2D eigenvalue weighted by Gasteiger charge is 2.10. The lowest BCUT2D eigenvalue weighted by Crippen LogP contribution is -2.26. The van der Waals surface area contributed by atoms with Gasteiger partial charge in [-0.1, -0.05) is 56.2 Å². The third kappa shape index (κ3) is 7.34. The van der Waals surface area contributed by atoms with E-state index in [1.165, 1.54) is 0 Å². The van der Waals surface area contributed by atoms with E-state index in [4.69, 9.17) is 9.47 Å². The number of carbonyl (C=O) groups excluding carboxylic acids is 1. The van der Waals surface area contributed by atoms with Crippen molar-refractivity contribution in [1.82, 2.24) is 5.32 Å². The van der Waals surface area contributed by atoms with Gasteiger partial charge in [0.15, 0.2) is 11.5 Å². The molecule has 1 N–H and O–H groups in total. The number of methoxy groups -OCH3 is 1. The minimum atomic E-state index is -0.387. The topological polar surface area (TPSA) is 71.3 Å². The van der Waals surface area contributed by atoms with E-state index in [2.05, 4.69) is 12.2 Å². The molecule has 2 aromatic carbocycles. The van der Waals surface area contributed by atoms with Crippen molar-refractivity contribution >= 4 is 12.0 Å². The molecule has 29 heavy (non-hydrogen) atoms. The fourth-order valence-corrected chi connectivity index (χ4v) is 2.80. The standard InChI is InChI=1S/C24H28N2O3/c1-3-4-8-15-29-22-12-11-20(17-23(22)28-2)16-21(18-25)24(27)26-14-13-19-9-6-5-7-10-19/h5-7,9-12,16-17H,3-4,8,13-15H2,1-2H3,(H,26,27)/b21-16-. The van der Waals surface area contributed by atoms with Crippen LogP contribution < -0.4 is 14.8 Å². The first-order chi connectivity index (χ1) is 14.2. The molecule has 0 saturated heterocycles. The van der Waals surface area contributed by atoms with Crippen LogP contribution in [-0.4, -0.2) is 26.2 Å². The number of amides is 1. The molecule has 2 rings (SSSR count). The van der Waals surface area contributed by atoms with Gasteiger partial charge in [-0.2, -0.15) is 5.26 Å². The highest BCUT2D eigenvalue weighted by atomic mass is 16.5. The first kappa shape index (κ1) is 22.0. The molecule has 0 heterocycles. The first-order valence-electron chi connectivity index (χ1n) is 9.92. The van der Waals surface area contributed by atoms with E-state index >= 15 is 0 Å². The SMILES string of the molecule is CCCCCOc1ccc(/C=C(/C#N)C(=O)NCCc2ccccc2)cc1OC. The van der Waals surface area contributed by atoms with E-state index < -0.39 is 0 Å². The number of nitrogens with one attached hydrogen (secondary N) is 1. The van der Waals surface area contributed by atoms with Crippen LogP contribution in [0.2, 0.25) is 0 Å². The number of rotatable bonds is 11. The normalized spacial score (nSPS) is 10.9. The Morgan fingerprint density at radius 2 is 1.93 bits per heavy atom. The van der Waals surface area contributed by atoms with Crippen molar-refractivity contribution in [2.75, 3.05) is 20.3 Å². The zero-order valence-electron chi connectivity index (χ0n) is 17.1. The summed E-state index contributed by atoms with van der Waals surface area (Å²) < 4.78 is 11.2. The number of unbranched alkanes of at least 4 members (excludes halogenated alkanes) is 2. The number of nitriles is 1. The molecule has 0 aliphatic heterocycles. The Labute approximate surface area is 173 Å². The number of carbonyl (C=O) groups is 1.